The van der Waals surface area contributed by atoms with Gasteiger partial charge in [0, 0.05) is 29.5 Å². The summed E-state index contributed by atoms with van der Waals surface area (Å²) in [5.41, 5.74) is 0.756. The van der Waals surface area contributed by atoms with Gasteiger partial charge in [0.1, 0.15) is 0 Å². The van der Waals surface area contributed by atoms with Crippen LogP contribution in [0.15, 0.2) is 41.1 Å². The van der Waals surface area contributed by atoms with E-state index >= 15 is 0 Å². The van der Waals surface area contributed by atoms with Crippen molar-refractivity contribution in [3.8, 4) is 0 Å². The van der Waals surface area contributed by atoms with Gasteiger partial charge in [-0.05, 0) is 12.1 Å². The van der Waals surface area contributed by atoms with Gasteiger partial charge in [-0.15, -0.1) is 17.0 Å². The van der Waals surface area contributed by atoms with E-state index in [1.54, 1.807) is 0 Å². The van der Waals surface area contributed by atoms with E-state index in [0.717, 1.165) is 16.7 Å². The Morgan fingerprint density at radius 2 is 1.94 bits per heavy atom. The molecule has 0 unspecified atom stereocenters. The third kappa shape index (κ3) is 3.85. The maximum Gasteiger partial charge on any atom is 0.182 e. The van der Waals surface area contributed by atoms with Gasteiger partial charge in [0.2, 0.25) is 0 Å². The molecule has 0 atom stereocenters. The predicted molar refractivity (Wildman–Crippen MR) is 77.3 cm³/mol. The van der Waals surface area contributed by atoms with E-state index in [9.17, 15) is 4.79 Å². The van der Waals surface area contributed by atoms with Crippen LogP contribution in [0.2, 0.25) is 0 Å². The molecule has 3 nitrogen and oxygen atoms in total. The molecule has 0 spiro atoms. The summed E-state index contributed by atoms with van der Waals surface area (Å²) in [7, 11) is 1.99. The zero-order valence-corrected chi connectivity index (χ0v) is 12.8. The molecular formula is C12H14Br2N2O. The Labute approximate surface area is 120 Å². The minimum atomic E-state index is 0. The summed E-state index contributed by atoms with van der Waals surface area (Å²) in [4.78, 5) is 15.9. The highest BCUT2D eigenvalue weighted by Gasteiger charge is 2.13. The van der Waals surface area contributed by atoms with Gasteiger partial charge in [-0.2, -0.15) is 0 Å². The fourth-order valence-corrected chi connectivity index (χ4v) is 1.87. The fraction of sp³-hybridized carbons (Fsp3) is 0.250. The Bertz CT molecular complexity index is 417. The number of hydrogen-bond donors (Lipinski definition) is 0. The highest BCUT2D eigenvalue weighted by atomic mass is 79.9. The minimum Gasteiger partial charge on any atom is -0.362 e. The van der Waals surface area contributed by atoms with Crippen LogP contribution in [-0.2, 0) is 0 Å². The number of ketones is 1. The van der Waals surface area contributed by atoms with Crippen LogP contribution in [0.1, 0.15) is 10.4 Å². The Morgan fingerprint density at radius 1 is 1.29 bits per heavy atom. The number of carbonyl (C=O) groups excluding carboxylic acids is 1. The number of hydrogen-bond acceptors (Lipinski definition) is 3. The Balaban J connectivity index is 0.00000144. The first kappa shape index (κ1) is 14.3. The first-order valence-corrected chi connectivity index (χ1v) is 5.86. The van der Waals surface area contributed by atoms with E-state index in [1.165, 1.54) is 0 Å². The number of benzene rings is 1. The molecule has 0 N–H and O–H groups in total. The summed E-state index contributed by atoms with van der Waals surface area (Å²) in [5.74, 6) is 0.146. The van der Waals surface area contributed by atoms with E-state index in [2.05, 4.69) is 15.9 Å². The standard InChI is InChI=1S/C12H13BrN2O.BrH/c1-14-6-7-15(9-14)8-12(16)10-2-4-11(13)5-3-10;/h2-7H,8-9H2,1H3;1H. The molecule has 1 aromatic carbocycles. The average Bonchev–Trinajstić information content (AvgIpc) is 2.65. The fourth-order valence-electron chi connectivity index (χ4n) is 1.60. The molecule has 0 bridgehead atoms. The van der Waals surface area contributed by atoms with Crippen LogP contribution < -0.4 is 0 Å². The zero-order chi connectivity index (χ0) is 11.5. The quantitative estimate of drug-likeness (QED) is 0.773. The zero-order valence-electron chi connectivity index (χ0n) is 9.47. The SMILES string of the molecule is Br.CN1C=CN(CC(=O)c2ccc(Br)cc2)C1. The number of rotatable bonds is 3. The van der Waals surface area contributed by atoms with Crippen molar-refractivity contribution in [2.75, 3.05) is 20.3 Å². The first-order valence-electron chi connectivity index (χ1n) is 5.06. The Kier molecular flexibility index (Phi) is 5.21. The van der Waals surface area contributed by atoms with Gasteiger partial charge in [0.15, 0.2) is 5.78 Å². The van der Waals surface area contributed by atoms with Gasteiger partial charge < -0.3 is 9.80 Å². The van der Waals surface area contributed by atoms with Gasteiger partial charge in [0.25, 0.3) is 0 Å². The molecule has 1 aromatic rings. The molecular weight excluding hydrogens is 348 g/mol. The van der Waals surface area contributed by atoms with Crippen molar-refractivity contribution in [2.45, 2.75) is 0 Å². The highest BCUT2D eigenvalue weighted by molar-refractivity contribution is 9.10. The van der Waals surface area contributed by atoms with Crippen molar-refractivity contribution in [3.05, 3.63) is 46.7 Å². The van der Waals surface area contributed by atoms with Crippen LogP contribution >= 0.6 is 32.9 Å². The monoisotopic (exact) mass is 360 g/mol. The third-order valence-electron chi connectivity index (χ3n) is 2.45. The maximum atomic E-state index is 11.9. The van der Waals surface area contributed by atoms with E-state index in [0.29, 0.717) is 6.54 Å². The molecule has 92 valence electrons. The van der Waals surface area contributed by atoms with Crippen LogP contribution in [0.25, 0.3) is 0 Å². The Morgan fingerprint density at radius 3 is 2.47 bits per heavy atom. The van der Waals surface area contributed by atoms with Gasteiger partial charge >= 0.3 is 0 Å². The molecule has 0 aromatic heterocycles. The summed E-state index contributed by atoms with van der Waals surface area (Å²) >= 11 is 3.35. The van der Waals surface area contributed by atoms with Crippen LogP contribution in [0.3, 0.4) is 0 Å². The summed E-state index contributed by atoms with van der Waals surface area (Å²) in [6.07, 6.45) is 3.91. The smallest absolute Gasteiger partial charge is 0.182 e. The molecule has 0 saturated heterocycles. The van der Waals surface area contributed by atoms with Crippen molar-refractivity contribution in [3.63, 3.8) is 0 Å². The van der Waals surface area contributed by atoms with Crippen LogP contribution in [0.4, 0.5) is 0 Å². The van der Waals surface area contributed by atoms with Crippen LogP contribution in [0, 0.1) is 0 Å². The summed E-state index contributed by atoms with van der Waals surface area (Å²) in [6.45, 7) is 1.21. The van der Waals surface area contributed by atoms with Gasteiger partial charge in [0.05, 0.1) is 13.2 Å². The van der Waals surface area contributed by atoms with Crippen molar-refractivity contribution < 1.29 is 4.79 Å². The average molecular weight is 362 g/mol. The van der Waals surface area contributed by atoms with Crippen LogP contribution in [0.5, 0.6) is 0 Å². The molecule has 0 amide bonds. The molecule has 0 saturated carbocycles. The molecule has 1 aliphatic heterocycles. The molecule has 1 aliphatic rings. The minimum absolute atomic E-state index is 0. The molecule has 0 fully saturated rings. The lowest BCUT2D eigenvalue weighted by Gasteiger charge is -2.17. The lowest BCUT2D eigenvalue weighted by molar-refractivity contribution is 0.0948. The molecule has 0 aliphatic carbocycles. The van der Waals surface area contributed by atoms with Crippen molar-refractivity contribution in [2.24, 2.45) is 0 Å². The molecule has 17 heavy (non-hydrogen) atoms. The summed E-state index contributed by atoms with van der Waals surface area (Å²) < 4.78 is 0.991. The largest absolute Gasteiger partial charge is 0.362 e. The normalized spacial score (nSPS) is 13.8. The van der Waals surface area contributed by atoms with E-state index in [-0.39, 0.29) is 22.8 Å². The lowest BCUT2D eigenvalue weighted by atomic mass is 10.1. The van der Waals surface area contributed by atoms with Gasteiger partial charge in [-0.3, -0.25) is 4.79 Å². The summed E-state index contributed by atoms with van der Waals surface area (Å²) in [5, 5.41) is 0. The van der Waals surface area contributed by atoms with E-state index in [4.69, 9.17) is 0 Å². The predicted octanol–water partition coefficient (Wildman–Crippen LogP) is 2.89. The van der Waals surface area contributed by atoms with Crippen LogP contribution in [-0.4, -0.2) is 35.8 Å². The maximum absolute atomic E-state index is 11.9. The van der Waals surface area contributed by atoms with Gasteiger partial charge in [-0.1, -0.05) is 28.1 Å². The molecule has 0 radical (unpaired) electrons. The van der Waals surface area contributed by atoms with Crippen molar-refractivity contribution in [1.29, 1.82) is 0 Å². The number of halogens is 2. The molecule has 5 heteroatoms. The van der Waals surface area contributed by atoms with Gasteiger partial charge in [-0.25, -0.2) is 0 Å². The van der Waals surface area contributed by atoms with E-state index < -0.39 is 0 Å². The number of carbonyl (C=O) groups is 1. The molecule has 1 heterocycles. The third-order valence-corrected chi connectivity index (χ3v) is 2.98. The number of nitrogens with zero attached hydrogens (tertiary/aromatic N) is 2. The van der Waals surface area contributed by atoms with Crippen molar-refractivity contribution in [1.82, 2.24) is 9.80 Å². The summed E-state index contributed by atoms with van der Waals surface area (Å²) in [6, 6.07) is 7.46. The second kappa shape index (κ2) is 6.21. The van der Waals surface area contributed by atoms with Crippen molar-refractivity contribution >= 4 is 38.7 Å². The second-order valence-corrected chi connectivity index (χ2v) is 4.79. The number of Topliss-reactive ketones (excluding diaryl/α,β-unsaturated/α-hetero) is 1. The second-order valence-electron chi connectivity index (χ2n) is 3.87. The lowest BCUT2D eigenvalue weighted by Crippen LogP contribution is -2.27. The van der Waals surface area contributed by atoms with E-state index in [1.807, 2.05) is 53.5 Å². The topological polar surface area (TPSA) is 23.6 Å². The highest BCUT2D eigenvalue weighted by Crippen LogP contribution is 2.12. The first-order chi connectivity index (χ1) is 7.65. The Hall–Kier alpha value is -0.810. The molecule has 2 rings (SSSR count).